The molecule has 1 N–H and O–H groups in total. The van der Waals surface area contributed by atoms with Gasteiger partial charge in [0.1, 0.15) is 5.52 Å². The van der Waals surface area contributed by atoms with E-state index in [9.17, 15) is 14.9 Å². The number of carbonyl (C=O) groups excluding carboxylic acids is 1. The first-order valence-corrected chi connectivity index (χ1v) is 9.57. The second-order valence-electron chi connectivity index (χ2n) is 6.91. The molecule has 8 heteroatoms. The average molecular weight is 413 g/mol. The molecule has 0 spiro atoms. The highest BCUT2D eigenvalue weighted by Gasteiger charge is 2.15. The molecule has 154 valence electrons. The van der Waals surface area contributed by atoms with Crippen LogP contribution in [-0.2, 0) is 6.54 Å². The topological polar surface area (TPSA) is 101 Å². The molecular formula is C23H19N5O3. The predicted octanol–water partition coefficient (Wildman–Crippen LogP) is 4.43. The zero-order valence-corrected chi connectivity index (χ0v) is 16.7. The highest BCUT2D eigenvalue weighted by molar-refractivity contribution is 6.05. The van der Waals surface area contributed by atoms with E-state index in [1.165, 1.54) is 6.07 Å². The normalized spacial score (nSPS) is 10.6. The summed E-state index contributed by atoms with van der Waals surface area (Å²) in [6.45, 7) is 0.506. The Kier molecular flexibility index (Phi) is 5.53. The number of nitrogens with zero attached hydrogens (tertiary/aromatic N) is 4. The van der Waals surface area contributed by atoms with Crippen LogP contribution in [0.3, 0.4) is 0 Å². The molecule has 0 saturated heterocycles. The van der Waals surface area contributed by atoms with Gasteiger partial charge in [0.2, 0.25) is 0 Å². The number of hydrogen-bond acceptors (Lipinski definition) is 6. The van der Waals surface area contributed by atoms with Crippen molar-refractivity contribution in [2.75, 3.05) is 17.3 Å². The number of rotatable bonds is 6. The third-order valence-corrected chi connectivity index (χ3v) is 4.98. The smallest absolute Gasteiger partial charge is 0.278 e. The van der Waals surface area contributed by atoms with Gasteiger partial charge in [0.25, 0.3) is 11.6 Å². The van der Waals surface area contributed by atoms with Crippen molar-refractivity contribution in [2.24, 2.45) is 0 Å². The van der Waals surface area contributed by atoms with Crippen molar-refractivity contribution in [3.8, 4) is 0 Å². The van der Waals surface area contributed by atoms with Gasteiger partial charge in [-0.2, -0.15) is 0 Å². The lowest BCUT2D eigenvalue weighted by atomic mass is 10.1. The predicted molar refractivity (Wildman–Crippen MR) is 119 cm³/mol. The molecule has 0 aliphatic rings. The number of benzene rings is 2. The summed E-state index contributed by atoms with van der Waals surface area (Å²) in [4.78, 5) is 33.2. The van der Waals surface area contributed by atoms with Crippen molar-refractivity contribution in [3.05, 3.63) is 100 Å². The lowest BCUT2D eigenvalue weighted by Gasteiger charge is -2.18. The molecule has 4 aromatic rings. The third kappa shape index (κ3) is 4.18. The Morgan fingerprint density at radius 3 is 2.48 bits per heavy atom. The van der Waals surface area contributed by atoms with E-state index in [0.29, 0.717) is 23.0 Å². The molecular weight excluding hydrogens is 394 g/mol. The lowest BCUT2D eigenvalue weighted by Crippen LogP contribution is -2.26. The van der Waals surface area contributed by atoms with Crippen molar-refractivity contribution in [1.29, 1.82) is 0 Å². The molecule has 8 nitrogen and oxygen atoms in total. The van der Waals surface area contributed by atoms with Crippen molar-refractivity contribution in [3.63, 3.8) is 0 Å². The van der Waals surface area contributed by atoms with Gasteiger partial charge in [-0.3, -0.25) is 24.9 Å². The first-order valence-electron chi connectivity index (χ1n) is 9.57. The van der Waals surface area contributed by atoms with Gasteiger partial charge in [-0.05, 0) is 48.0 Å². The number of fused-ring (bicyclic) bond motifs is 1. The van der Waals surface area contributed by atoms with Crippen LogP contribution in [0.15, 0.2) is 79.3 Å². The fraction of sp³-hybridized carbons (Fsp3) is 0.0870. The van der Waals surface area contributed by atoms with Gasteiger partial charge in [-0.25, -0.2) is 0 Å². The lowest BCUT2D eigenvalue weighted by molar-refractivity contribution is -0.383. The summed E-state index contributed by atoms with van der Waals surface area (Å²) in [6.07, 6.45) is 4.79. The summed E-state index contributed by atoms with van der Waals surface area (Å²) in [6, 6.07) is 17.5. The zero-order chi connectivity index (χ0) is 21.8. The van der Waals surface area contributed by atoms with Crippen LogP contribution in [0.25, 0.3) is 10.9 Å². The first kappa shape index (κ1) is 20.0. The Morgan fingerprint density at radius 1 is 1.03 bits per heavy atom. The Bertz CT molecular complexity index is 1240. The Labute approximate surface area is 178 Å². The number of nitrogens with one attached hydrogen (secondary N) is 1. The average Bonchev–Trinajstić information content (AvgIpc) is 2.82. The Hall–Kier alpha value is -4.33. The number of nitro groups is 1. The maximum Gasteiger partial charge on any atom is 0.278 e. The number of hydrogen-bond donors (Lipinski definition) is 1. The van der Waals surface area contributed by atoms with E-state index in [2.05, 4.69) is 15.3 Å². The van der Waals surface area contributed by atoms with Crippen LogP contribution >= 0.6 is 0 Å². The third-order valence-electron chi connectivity index (χ3n) is 4.98. The number of carbonyl (C=O) groups is 1. The number of aromatic nitrogens is 2. The Balaban J connectivity index is 1.49. The monoisotopic (exact) mass is 413 g/mol. The highest BCUT2D eigenvalue weighted by atomic mass is 16.6. The van der Waals surface area contributed by atoms with Crippen LogP contribution in [0.1, 0.15) is 15.9 Å². The van der Waals surface area contributed by atoms with Gasteiger partial charge >= 0.3 is 0 Å². The molecule has 4 rings (SSSR count). The maximum atomic E-state index is 12.6. The van der Waals surface area contributed by atoms with Gasteiger partial charge in [-0.1, -0.05) is 12.1 Å². The molecule has 1 amide bonds. The quantitative estimate of drug-likeness (QED) is 0.371. The summed E-state index contributed by atoms with van der Waals surface area (Å²) in [7, 11) is 1.73. The summed E-state index contributed by atoms with van der Waals surface area (Å²) >= 11 is 0. The first-order chi connectivity index (χ1) is 15.0. The van der Waals surface area contributed by atoms with Crippen molar-refractivity contribution < 1.29 is 9.72 Å². The second kappa shape index (κ2) is 8.58. The molecule has 2 aromatic heterocycles. The molecule has 31 heavy (non-hydrogen) atoms. The minimum Gasteiger partial charge on any atom is -0.379 e. The summed E-state index contributed by atoms with van der Waals surface area (Å²) in [5, 5.41) is 15.0. The maximum absolute atomic E-state index is 12.6. The van der Waals surface area contributed by atoms with Crippen LogP contribution in [0.5, 0.6) is 0 Å². The van der Waals surface area contributed by atoms with E-state index in [1.54, 1.807) is 60.9 Å². The molecule has 2 heterocycles. The van der Waals surface area contributed by atoms with Crippen molar-refractivity contribution in [2.45, 2.75) is 6.54 Å². The van der Waals surface area contributed by atoms with E-state index in [1.807, 2.05) is 24.3 Å². The second-order valence-corrected chi connectivity index (χ2v) is 6.91. The van der Waals surface area contributed by atoms with Gasteiger partial charge in [-0.15, -0.1) is 0 Å². The van der Waals surface area contributed by atoms with Crippen molar-refractivity contribution >= 4 is 33.9 Å². The SMILES string of the molecule is CN(C(=O)c1ccncc1)c1ccc(CNc2ccc([N+](=O)[O-])c3cccnc23)cc1. The van der Waals surface area contributed by atoms with Crippen LogP contribution in [0.2, 0.25) is 0 Å². The molecule has 0 saturated carbocycles. The molecule has 0 atom stereocenters. The van der Waals surface area contributed by atoms with Crippen molar-refractivity contribution in [1.82, 2.24) is 9.97 Å². The standard InChI is InChI=1S/C23H19N5O3/c1-27(23(29)17-10-13-24-14-11-17)18-6-4-16(5-7-18)15-26-20-8-9-21(28(30)31)19-3-2-12-25-22(19)20/h2-14,26H,15H2,1H3. The molecule has 0 unspecified atom stereocenters. The fourth-order valence-corrected chi connectivity index (χ4v) is 3.30. The molecule has 0 bridgehead atoms. The van der Waals surface area contributed by atoms with Crippen LogP contribution < -0.4 is 10.2 Å². The van der Waals surface area contributed by atoms with E-state index in [0.717, 1.165) is 16.9 Å². The van der Waals surface area contributed by atoms with E-state index in [4.69, 9.17) is 0 Å². The molecule has 0 aliphatic heterocycles. The van der Waals surface area contributed by atoms with Crippen LogP contribution in [-0.4, -0.2) is 27.8 Å². The minimum atomic E-state index is -0.406. The fourth-order valence-electron chi connectivity index (χ4n) is 3.30. The summed E-state index contributed by atoms with van der Waals surface area (Å²) in [5.41, 5.74) is 3.64. The molecule has 0 aliphatic carbocycles. The molecule has 0 radical (unpaired) electrons. The van der Waals surface area contributed by atoms with Gasteiger partial charge in [0.05, 0.1) is 16.0 Å². The Morgan fingerprint density at radius 2 is 1.77 bits per heavy atom. The summed E-state index contributed by atoms with van der Waals surface area (Å²) in [5.74, 6) is -0.114. The van der Waals surface area contributed by atoms with E-state index in [-0.39, 0.29) is 11.6 Å². The number of nitro benzene ring substituents is 1. The number of amides is 1. The van der Waals surface area contributed by atoms with Gasteiger partial charge < -0.3 is 10.2 Å². The largest absolute Gasteiger partial charge is 0.379 e. The molecule has 0 fully saturated rings. The highest BCUT2D eigenvalue weighted by Crippen LogP contribution is 2.30. The van der Waals surface area contributed by atoms with Crippen LogP contribution in [0, 0.1) is 10.1 Å². The molecule has 2 aromatic carbocycles. The van der Waals surface area contributed by atoms with Gasteiger partial charge in [0, 0.05) is 49.5 Å². The number of pyridine rings is 2. The summed E-state index contributed by atoms with van der Waals surface area (Å²) < 4.78 is 0. The minimum absolute atomic E-state index is 0.0277. The van der Waals surface area contributed by atoms with E-state index >= 15 is 0 Å². The van der Waals surface area contributed by atoms with E-state index < -0.39 is 4.92 Å². The van der Waals surface area contributed by atoms with Gasteiger partial charge in [0.15, 0.2) is 0 Å². The zero-order valence-electron chi connectivity index (χ0n) is 16.7. The van der Waals surface area contributed by atoms with Crippen LogP contribution in [0.4, 0.5) is 17.1 Å². The number of anilines is 2. The number of non-ortho nitro benzene ring substituents is 1.